The molecule has 7 nitrogen and oxygen atoms in total. The van der Waals surface area contributed by atoms with Gasteiger partial charge in [0.25, 0.3) is 11.8 Å². The lowest BCUT2D eigenvalue weighted by Crippen LogP contribution is -2.31. The van der Waals surface area contributed by atoms with Gasteiger partial charge in [-0.25, -0.2) is 4.39 Å². The van der Waals surface area contributed by atoms with Crippen LogP contribution < -0.4 is 15.4 Å². The van der Waals surface area contributed by atoms with Crippen molar-refractivity contribution in [3.05, 3.63) is 59.4 Å². The summed E-state index contributed by atoms with van der Waals surface area (Å²) in [6, 6.07) is 10.1. The van der Waals surface area contributed by atoms with Gasteiger partial charge in [0, 0.05) is 23.2 Å². The van der Waals surface area contributed by atoms with Crippen LogP contribution in [-0.4, -0.2) is 35.5 Å². The summed E-state index contributed by atoms with van der Waals surface area (Å²) in [6.07, 6.45) is -0.487. The minimum Gasteiger partial charge on any atom is -0.480 e. The van der Waals surface area contributed by atoms with E-state index in [0.29, 0.717) is 17.0 Å². The zero-order valence-electron chi connectivity index (χ0n) is 13.5. The molecule has 1 aliphatic heterocycles. The van der Waals surface area contributed by atoms with E-state index < -0.39 is 24.5 Å². The lowest BCUT2D eigenvalue weighted by Gasteiger charge is -2.11. The highest BCUT2D eigenvalue weighted by Gasteiger charge is 2.29. The van der Waals surface area contributed by atoms with E-state index in [1.165, 1.54) is 42.5 Å². The third-order valence-corrected chi connectivity index (χ3v) is 3.80. The molecule has 2 amide bonds. The van der Waals surface area contributed by atoms with Gasteiger partial charge >= 0.3 is 5.97 Å². The SMILES string of the molecule is O=C(O)CNC(=O)c1ccc(NC(=O)[C@H]2Cc3cc(F)ccc3O2)cc1. The van der Waals surface area contributed by atoms with Gasteiger partial charge in [0.05, 0.1) is 0 Å². The Morgan fingerprint density at radius 1 is 1.15 bits per heavy atom. The second-order valence-corrected chi connectivity index (χ2v) is 5.71. The number of hydrogen-bond donors (Lipinski definition) is 3. The van der Waals surface area contributed by atoms with Crippen LogP contribution in [0.3, 0.4) is 0 Å². The minimum absolute atomic E-state index is 0.268. The summed E-state index contributed by atoms with van der Waals surface area (Å²) in [5.74, 6) is -1.95. The molecule has 0 bridgehead atoms. The van der Waals surface area contributed by atoms with Gasteiger partial charge < -0.3 is 20.5 Å². The molecule has 3 N–H and O–H groups in total. The van der Waals surface area contributed by atoms with Crippen LogP contribution in [-0.2, 0) is 16.0 Å². The van der Waals surface area contributed by atoms with Crippen LogP contribution in [0.5, 0.6) is 5.75 Å². The number of carboxylic acid groups (broad SMARTS) is 1. The molecule has 0 fully saturated rings. The molecule has 0 saturated heterocycles. The molecule has 8 heteroatoms. The number of fused-ring (bicyclic) bond motifs is 1. The molecule has 2 aromatic carbocycles. The minimum atomic E-state index is -1.14. The molecule has 26 heavy (non-hydrogen) atoms. The monoisotopic (exact) mass is 358 g/mol. The molecule has 1 atom stereocenters. The van der Waals surface area contributed by atoms with Crippen molar-refractivity contribution in [2.45, 2.75) is 12.5 Å². The van der Waals surface area contributed by atoms with Crippen LogP contribution in [0, 0.1) is 5.82 Å². The molecule has 1 heterocycles. The molecule has 0 spiro atoms. The van der Waals surface area contributed by atoms with Gasteiger partial charge in [-0.05, 0) is 42.5 Å². The van der Waals surface area contributed by atoms with Crippen molar-refractivity contribution in [1.82, 2.24) is 5.32 Å². The number of hydrogen-bond acceptors (Lipinski definition) is 4. The molecule has 1 aliphatic rings. The summed E-state index contributed by atoms with van der Waals surface area (Å²) < 4.78 is 18.7. The average molecular weight is 358 g/mol. The van der Waals surface area contributed by atoms with Crippen LogP contribution in [0.15, 0.2) is 42.5 Å². The molecular weight excluding hydrogens is 343 g/mol. The fraction of sp³-hybridized carbons (Fsp3) is 0.167. The standard InChI is InChI=1S/C18H15FN2O5/c19-12-3-6-14-11(7-12)8-15(26-14)18(25)21-13-4-1-10(2-5-13)17(24)20-9-16(22)23/h1-7,15H,8-9H2,(H,20,24)(H,21,25)(H,22,23)/t15-/m1/s1. The number of nitrogens with one attached hydrogen (secondary N) is 2. The van der Waals surface area contributed by atoms with Crippen molar-refractivity contribution in [3.63, 3.8) is 0 Å². The summed E-state index contributed by atoms with van der Waals surface area (Å²) in [5, 5.41) is 13.4. The Balaban J connectivity index is 1.58. The highest BCUT2D eigenvalue weighted by molar-refractivity contribution is 5.98. The zero-order chi connectivity index (χ0) is 18.7. The van der Waals surface area contributed by atoms with E-state index >= 15 is 0 Å². The highest BCUT2D eigenvalue weighted by atomic mass is 19.1. The maximum Gasteiger partial charge on any atom is 0.322 e. The number of halogens is 1. The Kier molecular flexibility index (Phi) is 4.83. The first kappa shape index (κ1) is 17.4. The molecule has 0 aliphatic carbocycles. The van der Waals surface area contributed by atoms with Crippen LogP contribution in [0.4, 0.5) is 10.1 Å². The van der Waals surface area contributed by atoms with Crippen molar-refractivity contribution in [1.29, 1.82) is 0 Å². The summed E-state index contributed by atoms with van der Waals surface area (Å²) in [5.41, 5.74) is 1.36. The third kappa shape index (κ3) is 3.97. The quantitative estimate of drug-likeness (QED) is 0.753. The summed E-state index contributed by atoms with van der Waals surface area (Å²) in [4.78, 5) is 34.5. The van der Waals surface area contributed by atoms with Gasteiger partial charge in [-0.3, -0.25) is 14.4 Å². The Morgan fingerprint density at radius 3 is 2.58 bits per heavy atom. The molecular formula is C18H15FN2O5. The molecule has 134 valence electrons. The van der Waals surface area contributed by atoms with E-state index in [1.54, 1.807) is 0 Å². The first-order valence-corrected chi connectivity index (χ1v) is 7.78. The predicted octanol–water partition coefficient (Wildman–Crippen LogP) is 1.58. The summed E-state index contributed by atoms with van der Waals surface area (Å²) >= 11 is 0. The lowest BCUT2D eigenvalue weighted by atomic mass is 10.1. The number of benzene rings is 2. The maximum atomic E-state index is 13.2. The number of carbonyl (C=O) groups excluding carboxylic acids is 2. The van der Waals surface area contributed by atoms with E-state index in [-0.39, 0.29) is 23.7 Å². The van der Waals surface area contributed by atoms with Gasteiger partial charge in [0.1, 0.15) is 18.1 Å². The van der Waals surface area contributed by atoms with Crippen molar-refractivity contribution >= 4 is 23.5 Å². The number of amides is 2. The van der Waals surface area contributed by atoms with Crippen LogP contribution >= 0.6 is 0 Å². The van der Waals surface area contributed by atoms with Gasteiger partial charge in [-0.2, -0.15) is 0 Å². The van der Waals surface area contributed by atoms with Gasteiger partial charge in [0.2, 0.25) is 0 Å². The number of ether oxygens (including phenoxy) is 1. The Hall–Kier alpha value is -3.42. The molecule has 0 aromatic heterocycles. The first-order valence-electron chi connectivity index (χ1n) is 7.78. The average Bonchev–Trinajstić information content (AvgIpc) is 3.03. The highest BCUT2D eigenvalue weighted by Crippen LogP contribution is 2.29. The van der Waals surface area contributed by atoms with Gasteiger partial charge in [-0.15, -0.1) is 0 Å². The second-order valence-electron chi connectivity index (χ2n) is 5.71. The maximum absolute atomic E-state index is 13.2. The predicted molar refractivity (Wildman–Crippen MR) is 89.6 cm³/mol. The third-order valence-electron chi connectivity index (χ3n) is 3.80. The van der Waals surface area contributed by atoms with Gasteiger partial charge in [0.15, 0.2) is 6.10 Å². The fourth-order valence-corrected chi connectivity index (χ4v) is 2.55. The van der Waals surface area contributed by atoms with Crippen LogP contribution in [0.2, 0.25) is 0 Å². The molecule has 0 unspecified atom stereocenters. The van der Waals surface area contributed by atoms with Crippen molar-refractivity contribution in [2.24, 2.45) is 0 Å². The number of carbonyl (C=O) groups is 3. The Morgan fingerprint density at radius 2 is 1.88 bits per heavy atom. The normalized spacial score (nSPS) is 14.9. The molecule has 0 saturated carbocycles. The van der Waals surface area contributed by atoms with Crippen LogP contribution in [0.25, 0.3) is 0 Å². The largest absolute Gasteiger partial charge is 0.480 e. The molecule has 3 rings (SSSR count). The first-order chi connectivity index (χ1) is 12.4. The van der Waals surface area contributed by atoms with E-state index in [1.807, 2.05) is 0 Å². The number of aliphatic carboxylic acids is 1. The van der Waals surface area contributed by atoms with Crippen molar-refractivity contribution in [3.8, 4) is 5.75 Å². The van der Waals surface area contributed by atoms with Gasteiger partial charge in [-0.1, -0.05) is 0 Å². The van der Waals surface area contributed by atoms with E-state index in [0.717, 1.165) is 0 Å². The lowest BCUT2D eigenvalue weighted by molar-refractivity contribution is -0.135. The number of rotatable bonds is 5. The zero-order valence-corrected chi connectivity index (χ0v) is 13.5. The van der Waals surface area contributed by atoms with E-state index in [4.69, 9.17) is 9.84 Å². The topological polar surface area (TPSA) is 105 Å². The van der Waals surface area contributed by atoms with E-state index in [9.17, 15) is 18.8 Å². The number of anilines is 1. The summed E-state index contributed by atoms with van der Waals surface area (Å²) in [6.45, 7) is -0.475. The summed E-state index contributed by atoms with van der Waals surface area (Å²) in [7, 11) is 0. The Labute approximate surface area is 147 Å². The Bertz CT molecular complexity index is 866. The number of carboxylic acids is 1. The van der Waals surface area contributed by atoms with Crippen molar-refractivity contribution in [2.75, 3.05) is 11.9 Å². The van der Waals surface area contributed by atoms with Crippen molar-refractivity contribution < 1.29 is 28.6 Å². The molecule has 0 radical (unpaired) electrons. The fourth-order valence-electron chi connectivity index (χ4n) is 2.55. The smallest absolute Gasteiger partial charge is 0.322 e. The van der Waals surface area contributed by atoms with E-state index in [2.05, 4.69) is 10.6 Å². The molecule has 2 aromatic rings. The second kappa shape index (κ2) is 7.22. The van der Waals surface area contributed by atoms with Crippen LogP contribution in [0.1, 0.15) is 15.9 Å².